The molecule has 2 aliphatic heterocycles. The molecule has 0 radical (unpaired) electrons. The van der Waals surface area contributed by atoms with Gasteiger partial charge in [-0.1, -0.05) is 0 Å². The number of rotatable bonds is 6. The van der Waals surface area contributed by atoms with E-state index in [4.69, 9.17) is 9.47 Å². The van der Waals surface area contributed by atoms with Gasteiger partial charge in [0, 0.05) is 13.1 Å². The number of aryl methyl sites for hydroxylation is 2. The summed E-state index contributed by atoms with van der Waals surface area (Å²) in [6.07, 6.45) is 0.214. The summed E-state index contributed by atoms with van der Waals surface area (Å²) in [4.78, 5) is 0. The first-order valence-electron chi connectivity index (χ1n) is 9.96. The van der Waals surface area contributed by atoms with Crippen molar-refractivity contribution in [2.24, 2.45) is 0 Å². The zero-order chi connectivity index (χ0) is 20.4. The highest BCUT2D eigenvalue weighted by atomic mass is 19.1. The number of hydrogen-bond donors (Lipinski definition) is 3. The molecule has 0 saturated heterocycles. The van der Waals surface area contributed by atoms with Crippen LogP contribution in [0, 0.1) is 11.6 Å². The first kappa shape index (κ1) is 20.1. The largest absolute Gasteiger partial charge is 0.487 e. The summed E-state index contributed by atoms with van der Waals surface area (Å²) < 4.78 is 38.2. The third-order valence-corrected chi connectivity index (χ3v) is 5.56. The Labute approximate surface area is 168 Å². The monoisotopic (exact) mass is 405 g/mol. The normalized spacial score (nSPS) is 22.6. The van der Waals surface area contributed by atoms with Crippen molar-refractivity contribution in [3.05, 3.63) is 59.2 Å². The number of aliphatic hydroxyl groups is 2. The molecular weight excluding hydrogens is 380 g/mol. The summed E-state index contributed by atoms with van der Waals surface area (Å²) in [5, 5.41) is 23.9. The predicted molar refractivity (Wildman–Crippen MR) is 103 cm³/mol. The Kier molecular flexibility index (Phi) is 5.99. The van der Waals surface area contributed by atoms with Crippen molar-refractivity contribution in [2.45, 2.75) is 50.1 Å². The van der Waals surface area contributed by atoms with E-state index in [9.17, 15) is 19.0 Å². The lowest BCUT2D eigenvalue weighted by molar-refractivity contribution is 0.00892. The second-order valence-electron chi connectivity index (χ2n) is 7.69. The summed E-state index contributed by atoms with van der Waals surface area (Å²) in [6.45, 7) is 0.513. The van der Waals surface area contributed by atoms with E-state index >= 15 is 0 Å². The third-order valence-electron chi connectivity index (χ3n) is 5.56. The molecule has 29 heavy (non-hydrogen) atoms. The van der Waals surface area contributed by atoms with Crippen LogP contribution in [0.1, 0.15) is 24.0 Å². The SMILES string of the molecule is O[C@H](CNC[C@H](O)[C@H]1CCc2cc(F)ccc2O1)[C@H]1CCc2cc(F)ccc2O1. The van der Waals surface area contributed by atoms with E-state index < -0.39 is 12.2 Å². The quantitative estimate of drug-likeness (QED) is 0.688. The van der Waals surface area contributed by atoms with Gasteiger partial charge in [-0.15, -0.1) is 0 Å². The van der Waals surface area contributed by atoms with Gasteiger partial charge in [-0.25, -0.2) is 8.78 Å². The van der Waals surface area contributed by atoms with E-state index in [0.717, 1.165) is 11.1 Å². The average molecular weight is 405 g/mol. The van der Waals surface area contributed by atoms with Crippen molar-refractivity contribution in [1.82, 2.24) is 5.32 Å². The van der Waals surface area contributed by atoms with Crippen LogP contribution in [0.3, 0.4) is 0 Å². The summed E-state index contributed by atoms with van der Waals surface area (Å²) in [5.41, 5.74) is 1.62. The van der Waals surface area contributed by atoms with Gasteiger partial charge in [0.1, 0.15) is 47.5 Å². The lowest BCUT2D eigenvalue weighted by Crippen LogP contribution is -2.46. The molecular formula is C22H25F2NO4. The molecule has 0 unspecified atom stereocenters. The van der Waals surface area contributed by atoms with Gasteiger partial charge in [-0.2, -0.15) is 0 Å². The number of halogens is 2. The molecule has 0 aliphatic carbocycles. The van der Waals surface area contributed by atoms with E-state index in [-0.39, 0.29) is 36.9 Å². The van der Waals surface area contributed by atoms with Gasteiger partial charge in [0.05, 0.1) is 0 Å². The van der Waals surface area contributed by atoms with Gasteiger partial charge in [-0.3, -0.25) is 0 Å². The highest BCUT2D eigenvalue weighted by molar-refractivity contribution is 5.36. The molecule has 0 bridgehead atoms. The zero-order valence-corrected chi connectivity index (χ0v) is 16.0. The second-order valence-corrected chi connectivity index (χ2v) is 7.69. The maximum Gasteiger partial charge on any atom is 0.126 e. The lowest BCUT2D eigenvalue weighted by atomic mass is 9.98. The minimum Gasteiger partial charge on any atom is -0.487 e. The zero-order valence-electron chi connectivity index (χ0n) is 16.0. The third kappa shape index (κ3) is 4.69. The van der Waals surface area contributed by atoms with Crippen LogP contribution in [-0.2, 0) is 12.8 Å². The summed E-state index contributed by atoms with van der Waals surface area (Å²) in [6, 6.07) is 8.79. The molecule has 4 rings (SSSR count). The van der Waals surface area contributed by atoms with Gasteiger partial charge in [0.25, 0.3) is 0 Å². The fourth-order valence-corrected chi connectivity index (χ4v) is 3.94. The number of nitrogens with one attached hydrogen (secondary N) is 1. The molecule has 0 aromatic heterocycles. The van der Waals surface area contributed by atoms with Crippen molar-refractivity contribution in [1.29, 1.82) is 0 Å². The van der Waals surface area contributed by atoms with Crippen molar-refractivity contribution in [3.8, 4) is 11.5 Å². The van der Waals surface area contributed by atoms with Crippen LogP contribution >= 0.6 is 0 Å². The van der Waals surface area contributed by atoms with E-state index in [1.807, 2.05) is 0 Å². The molecule has 0 amide bonds. The molecule has 0 fully saturated rings. The molecule has 7 heteroatoms. The van der Waals surface area contributed by atoms with Crippen LogP contribution in [-0.4, -0.2) is 47.7 Å². The number of benzene rings is 2. The number of ether oxygens (including phenoxy) is 2. The number of aliphatic hydroxyl groups excluding tert-OH is 2. The van der Waals surface area contributed by atoms with Crippen LogP contribution in [0.2, 0.25) is 0 Å². The molecule has 156 valence electrons. The minimum atomic E-state index is -0.753. The molecule has 4 atom stereocenters. The number of fused-ring (bicyclic) bond motifs is 2. The fraction of sp³-hybridized carbons (Fsp3) is 0.455. The van der Waals surface area contributed by atoms with E-state index in [1.54, 1.807) is 12.1 Å². The summed E-state index contributed by atoms with van der Waals surface area (Å²) >= 11 is 0. The van der Waals surface area contributed by atoms with Crippen LogP contribution in [0.15, 0.2) is 36.4 Å². The van der Waals surface area contributed by atoms with Gasteiger partial charge >= 0.3 is 0 Å². The maximum atomic E-state index is 13.3. The van der Waals surface area contributed by atoms with Gasteiger partial charge in [0.15, 0.2) is 0 Å². The Morgan fingerprint density at radius 2 is 1.28 bits per heavy atom. The molecule has 0 spiro atoms. The fourth-order valence-electron chi connectivity index (χ4n) is 3.94. The van der Waals surface area contributed by atoms with E-state index in [1.165, 1.54) is 24.3 Å². The standard InChI is InChI=1S/C22H25F2NO4/c23-15-3-7-19-13(9-15)1-5-21(28-19)17(26)11-25-12-18(27)22-6-2-14-10-16(24)4-8-20(14)29-22/h3-4,7-10,17-18,21-22,25-27H,1-2,5-6,11-12H2/t17-,18+,21-,22-/m1/s1. The van der Waals surface area contributed by atoms with Gasteiger partial charge < -0.3 is 25.0 Å². The Morgan fingerprint density at radius 1 is 0.828 bits per heavy atom. The maximum absolute atomic E-state index is 13.3. The molecule has 2 aromatic rings. The molecule has 0 saturated carbocycles. The van der Waals surface area contributed by atoms with Crippen LogP contribution < -0.4 is 14.8 Å². The number of hydrogen-bond acceptors (Lipinski definition) is 5. The molecule has 5 nitrogen and oxygen atoms in total. The molecule has 3 N–H and O–H groups in total. The van der Waals surface area contributed by atoms with E-state index in [0.29, 0.717) is 37.2 Å². The van der Waals surface area contributed by atoms with Crippen molar-refractivity contribution >= 4 is 0 Å². The Morgan fingerprint density at radius 3 is 1.72 bits per heavy atom. The second kappa shape index (κ2) is 8.65. The minimum absolute atomic E-state index is 0.257. The van der Waals surface area contributed by atoms with Crippen molar-refractivity contribution in [2.75, 3.05) is 13.1 Å². The van der Waals surface area contributed by atoms with Crippen LogP contribution in [0.4, 0.5) is 8.78 Å². The summed E-state index contributed by atoms with van der Waals surface area (Å²) in [5.74, 6) is 0.624. The molecule has 2 aromatic carbocycles. The van der Waals surface area contributed by atoms with E-state index in [2.05, 4.69) is 5.32 Å². The topological polar surface area (TPSA) is 71.0 Å². The van der Waals surface area contributed by atoms with Crippen molar-refractivity contribution < 1.29 is 28.5 Å². The first-order chi connectivity index (χ1) is 14.0. The highest BCUT2D eigenvalue weighted by Gasteiger charge is 2.29. The molecule has 2 heterocycles. The predicted octanol–water partition coefficient (Wildman–Crippen LogP) is 2.36. The first-order valence-corrected chi connectivity index (χ1v) is 9.96. The highest BCUT2D eigenvalue weighted by Crippen LogP contribution is 2.30. The molecule has 2 aliphatic rings. The Bertz CT molecular complexity index is 793. The lowest BCUT2D eigenvalue weighted by Gasteiger charge is -2.31. The van der Waals surface area contributed by atoms with Crippen molar-refractivity contribution in [3.63, 3.8) is 0 Å². The van der Waals surface area contributed by atoms with Gasteiger partial charge in [-0.05, 0) is 73.2 Å². The Balaban J connectivity index is 1.24. The average Bonchev–Trinajstić information content (AvgIpc) is 2.72. The smallest absolute Gasteiger partial charge is 0.126 e. The Hall–Kier alpha value is -2.22. The van der Waals surface area contributed by atoms with Crippen LogP contribution in [0.5, 0.6) is 11.5 Å². The summed E-state index contributed by atoms with van der Waals surface area (Å²) in [7, 11) is 0. The van der Waals surface area contributed by atoms with Gasteiger partial charge in [0.2, 0.25) is 0 Å². The van der Waals surface area contributed by atoms with Crippen LogP contribution in [0.25, 0.3) is 0 Å².